The van der Waals surface area contributed by atoms with Gasteiger partial charge in [0.2, 0.25) is 5.13 Å². The van der Waals surface area contributed by atoms with Gasteiger partial charge in [-0.3, -0.25) is 20.1 Å². The van der Waals surface area contributed by atoms with Crippen LogP contribution in [0.2, 0.25) is 0 Å². The van der Waals surface area contributed by atoms with Gasteiger partial charge in [-0.2, -0.15) is 0 Å². The minimum absolute atomic E-state index is 0.0604. The van der Waals surface area contributed by atoms with E-state index in [0.29, 0.717) is 21.8 Å². The van der Waals surface area contributed by atoms with Crippen molar-refractivity contribution in [3.63, 3.8) is 0 Å². The molecule has 0 unspecified atom stereocenters. The molecule has 0 saturated heterocycles. The standard InChI is InChI=1S/C23H21FN6O4S2/c1-13-9-16(20-18(24)5-4-6-19(20)33-2)17(11-26-13)21(31)28-22-29-30-23(35-22)34-12-14-7-8-15(10-27-14)36(3,25)32/h4-11,25H,12H2,1-3H3,(H,28,29,31)/t36-/m0/s1. The summed E-state index contributed by atoms with van der Waals surface area (Å²) in [5.41, 5.74) is 1.75. The second-order valence-corrected chi connectivity index (χ2v) is 10.7. The van der Waals surface area contributed by atoms with E-state index in [1.54, 1.807) is 31.2 Å². The van der Waals surface area contributed by atoms with Crippen molar-refractivity contribution in [2.75, 3.05) is 18.7 Å². The first-order chi connectivity index (χ1) is 17.2. The molecule has 0 saturated carbocycles. The number of carbonyl (C=O) groups excluding carboxylic acids is 1. The quantitative estimate of drug-likeness (QED) is 0.345. The molecular weight excluding hydrogens is 507 g/mol. The Morgan fingerprint density at radius 3 is 2.69 bits per heavy atom. The largest absolute Gasteiger partial charge is 0.496 e. The summed E-state index contributed by atoms with van der Waals surface area (Å²) in [6, 6.07) is 9.21. The Morgan fingerprint density at radius 2 is 2.00 bits per heavy atom. The zero-order chi connectivity index (χ0) is 25.9. The van der Waals surface area contributed by atoms with Crippen molar-refractivity contribution in [2.45, 2.75) is 18.4 Å². The van der Waals surface area contributed by atoms with Gasteiger partial charge in [-0.05, 0) is 48.6 Å². The van der Waals surface area contributed by atoms with Crippen molar-refractivity contribution < 1.29 is 22.9 Å². The normalized spacial score (nSPS) is 12.6. The van der Waals surface area contributed by atoms with Crippen LogP contribution in [0.25, 0.3) is 11.1 Å². The van der Waals surface area contributed by atoms with Crippen LogP contribution in [0.4, 0.5) is 9.52 Å². The van der Waals surface area contributed by atoms with Crippen molar-refractivity contribution in [1.29, 1.82) is 4.78 Å². The number of hydrogen-bond acceptors (Lipinski definition) is 10. The molecule has 1 amide bonds. The lowest BCUT2D eigenvalue weighted by Crippen LogP contribution is -2.14. The highest BCUT2D eigenvalue weighted by molar-refractivity contribution is 7.91. The summed E-state index contributed by atoms with van der Waals surface area (Å²) in [6.45, 7) is 1.80. The topological polar surface area (TPSA) is 140 Å². The van der Waals surface area contributed by atoms with E-state index in [9.17, 15) is 13.4 Å². The van der Waals surface area contributed by atoms with E-state index in [1.165, 1.54) is 37.9 Å². The highest BCUT2D eigenvalue weighted by atomic mass is 32.2. The van der Waals surface area contributed by atoms with Crippen LogP contribution in [-0.4, -0.2) is 43.6 Å². The highest BCUT2D eigenvalue weighted by Gasteiger charge is 2.21. The first-order valence-electron chi connectivity index (χ1n) is 10.4. The average molecular weight is 529 g/mol. The summed E-state index contributed by atoms with van der Waals surface area (Å²) in [5, 5.41) is 10.8. The van der Waals surface area contributed by atoms with E-state index in [0.717, 1.165) is 11.3 Å². The maximum Gasteiger partial charge on any atom is 0.296 e. The van der Waals surface area contributed by atoms with Crippen molar-refractivity contribution in [2.24, 2.45) is 0 Å². The van der Waals surface area contributed by atoms with Crippen molar-refractivity contribution in [1.82, 2.24) is 20.2 Å². The minimum Gasteiger partial charge on any atom is -0.496 e. The zero-order valence-electron chi connectivity index (χ0n) is 19.4. The molecule has 0 fully saturated rings. The molecule has 4 rings (SSSR count). The summed E-state index contributed by atoms with van der Waals surface area (Å²) in [4.78, 5) is 21.7. The van der Waals surface area contributed by atoms with Gasteiger partial charge in [-0.1, -0.05) is 11.2 Å². The zero-order valence-corrected chi connectivity index (χ0v) is 21.1. The van der Waals surface area contributed by atoms with Crippen molar-refractivity contribution in [3.8, 4) is 22.1 Å². The molecule has 0 aliphatic carbocycles. The molecule has 3 aromatic heterocycles. The van der Waals surface area contributed by atoms with Crippen LogP contribution < -0.4 is 14.8 Å². The molecule has 0 aliphatic heterocycles. The van der Waals surface area contributed by atoms with Crippen LogP contribution in [0, 0.1) is 17.5 Å². The van der Waals surface area contributed by atoms with E-state index in [2.05, 4.69) is 25.5 Å². The van der Waals surface area contributed by atoms with Gasteiger partial charge >= 0.3 is 0 Å². The molecule has 2 N–H and O–H groups in total. The smallest absolute Gasteiger partial charge is 0.296 e. The number of amides is 1. The number of aromatic nitrogens is 4. The SMILES string of the molecule is COc1cccc(F)c1-c1cc(C)ncc1C(=O)Nc1nnc(OCc2ccc([S@@](C)(=N)=O)cn2)s1. The number of nitrogens with zero attached hydrogens (tertiary/aromatic N) is 4. The fourth-order valence-corrected chi connectivity index (χ4v) is 4.40. The number of pyridine rings is 2. The van der Waals surface area contributed by atoms with Crippen LogP contribution in [-0.2, 0) is 16.3 Å². The van der Waals surface area contributed by atoms with Gasteiger partial charge in [0.25, 0.3) is 11.1 Å². The molecular formula is C23H21FN6O4S2. The van der Waals surface area contributed by atoms with E-state index >= 15 is 0 Å². The molecule has 0 spiro atoms. The van der Waals surface area contributed by atoms with Gasteiger partial charge in [-0.15, -0.1) is 5.10 Å². The van der Waals surface area contributed by atoms with Gasteiger partial charge in [0, 0.05) is 29.9 Å². The second-order valence-electron chi connectivity index (χ2n) is 7.63. The van der Waals surface area contributed by atoms with Crippen LogP contribution in [0.15, 0.2) is 53.7 Å². The lowest BCUT2D eigenvalue weighted by atomic mass is 9.98. The summed E-state index contributed by atoms with van der Waals surface area (Å²) in [5.74, 6) is -0.806. The van der Waals surface area contributed by atoms with Gasteiger partial charge in [0.15, 0.2) is 0 Å². The Bertz CT molecular complexity index is 1520. The van der Waals surface area contributed by atoms with Crippen LogP contribution >= 0.6 is 11.3 Å². The first-order valence-corrected chi connectivity index (χ1v) is 13.2. The average Bonchev–Trinajstić information content (AvgIpc) is 3.29. The number of aryl methyl sites for hydroxylation is 1. The van der Waals surface area contributed by atoms with Crippen LogP contribution in [0.3, 0.4) is 0 Å². The number of ether oxygens (including phenoxy) is 2. The lowest BCUT2D eigenvalue weighted by Gasteiger charge is -2.14. The van der Waals surface area contributed by atoms with E-state index in [-0.39, 0.29) is 33.8 Å². The molecule has 0 aliphatic rings. The second kappa shape index (κ2) is 10.3. The number of methoxy groups -OCH3 is 1. The number of carbonyl (C=O) groups is 1. The van der Waals surface area contributed by atoms with E-state index in [4.69, 9.17) is 14.3 Å². The fourth-order valence-electron chi connectivity index (χ4n) is 3.23. The number of hydrogen-bond donors (Lipinski definition) is 2. The molecule has 13 heteroatoms. The molecule has 10 nitrogen and oxygen atoms in total. The summed E-state index contributed by atoms with van der Waals surface area (Å²) in [6.07, 6.45) is 4.06. The number of nitrogens with one attached hydrogen (secondary N) is 2. The lowest BCUT2D eigenvalue weighted by molar-refractivity contribution is 0.102. The van der Waals surface area contributed by atoms with Crippen LogP contribution in [0.1, 0.15) is 21.7 Å². The molecule has 3 heterocycles. The molecule has 1 aromatic carbocycles. The van der Waals surface area contributed by atoms with Gasteiger partial charge in [0.05, 0.1) is 38.6 Å². The van der Waals surface area contributed by atoms with E-state index in [1.807, 2.05) is 0 Å². The third-order valence-corrected chi connectivity index (χ3v) is 6.86. The Morgan fingerprint density at radius 1 is 1.19 bits per heavy atom. The summed E-state index contributed by atoms with van der Waals surface area (Å²) < 4.78 is 45.0. The number of anilines is 1. The molecule has 0 radical (unpaired) electrons. The molecule has 0 bridgehead atoms. The summed E-state index contributed by atoms with van der Waals surface area (Å²) in [7, 11) is -1.42. The molecule has 36 heavy (non-hydrogen) atoms. The number of rotatable bonds is 8. The van der Waals surface area contributed by atoms with Crippen LogP contribution in [0.5, 0.6) is 10.9 Å². The minimum atomic E-state index is -2.84. The molecule has 1 atom stereocenters. The monoisotopic (exact) mass is 528 g/mol. The Labute approximate surface area is 210 Å². The predicted octanol–water partition coefficient (Wildman–Crippen LogP) is 4.32. The number of halogens is 1. The predicted molar refractivity (Wildman–Crippen MR) is 132 cm³/mol. The third kappa shape index (κ3) is 5.63. The Hall–Kier alpha value is -3.97. The fraction of sp³-hybridized carbons (Fsp3) is 0.174. The Balaban J connectivity index is 1.50. The van der Waals surface area contributed by atoms with Crippen molar-refractivity contribution in [3.05, 3.63) is 71.6 Å². The Kier molecular flexibility index (Phi) is 7.22. The van der Waals surface area contributed by atoms with Crippen molar-refractivity contribution >= 4 is 32.1 Å². The number of benzene rings is 1. The van der Waals surface area contributed by atoms with E-state index < -0.39 is 21.5 Å². The molecule has 4 aromatic rings. The van der Waals surface area contributed by atoms with Gasteiger partial charge < -0.3 is 9.47 Å². The van der Waals surface area contributed by atoms with Gasteiger partial charge in [0.1, 0.15) is 18.2 Å². The highest BCUT2D eigenvalue weighted by Crippen LogP contribution is 2.35. The first kappa shape index (κ1) is 25.1. The maximum atomic E-state index is 14.7. The molecule has 186 valence electrons. The third-order valence-electron chi connectivity index (χ3n) is 4.97. The van der Waals surface area contributed by atoms with Gasteiger partial charge in [-0.25, -0.2) is 13.4 Å². The summed E-state index contributed by atoms with van der Waals surface area (Å²) >= 11 is 0.999. The maximum absolute atomic E-state index is 14.7.